The first-order valence-corrected chi connectivity index (χ1v) is 12.6. The zero-order chi connectivity index (χ0) is 26.1. The van der Waals surface area contributed by atoms with Crippen molar-refractivity contribution < 1.29 is 14.3 Å². The Labute approximate surface area is 220 Å². The van der Waals surface area contributed by atoms with Crippen molar-refractivity contribution in [3.8, 4) is 22.6 Å². The molecule has 5 rings (SSSR count). The van der Waals surface area contributed by atoms with E-state index in [2.05, 4.69) is 11.9 Å². The summed E-state index contributed by atoms with van der Waals surface area (Å²) in [7, 11) is 3.20. The summed E-state index contributed by atoms with van der Waals surface area (Å²) in [6.45, 7) is 3.44. The van der Waals surface area contributed by atoms with Gasteiger partial charge in [-0.15, -0.1) is 0 Å². The fraction of sp³-hybridized carbons (Fsp3) is 0.276. The van der Waals surface area contributed by atoms with E-state index < -0.39 is 0 Å². The number of rotatable bonds is 5. The average Bonchev–Trinajstić information content (AvgIpc) is 2.91. The van der Waals surface area contributed by atoms with Crippen molar-refractivity contribution in [2.24, 2.45) is 5.92 Å². The van der Waals surface area contributed by atoms with E-state index in [0.717, 1.165) is 17.5 Å². The van der Waals surface area contributed by atoms with Crippen LogP contribution in [0.25, 0.3) is 22.0 Å². The number of hydrogen-bond donors (Lipinski definition) is 0. The number of aromatic nitrogens is 2. The number of benzene rings is 2. The lowest BCUT2D eigenvalue weighted by Gasteiger charge is -2.32. The molecule has 8 heteroatoms. The van der Waals surface area contributed by atoms with Gasteiger partial charge in [0.2, 0.25) is 0 Å². The Morgan fingerprint density at radius 3 is 2.41 bits per heavy atom. The summed E-state index contributed by atoms with van der Waals surface area (Å²) >= 11 is 6.18. The molecule has 0 spiro atoms. The summed E-state index contributed by atoms with van der Waals surface area (Å²) in [6, 6.07) is 16.6. The molecule has 190 valence electrons. The number of carbonyl (C=O) groups excluding carboxylic acids is 1. The second-order valence-electron chi connectivity index (χ2n) is 9.39. The molecule has 1 atom stereocenters. The van der Waals surface area contributed by atoms with Gasteiger partial charge in [-0.2, -0.15) is 0 Å². The number of carbonyl (C=O) groups is 1. The maximum atomic E-state index is 14.4. The summed E-state index contributed by atoms with van der Waals surface area (Å²) in [5, 5.41) is 1.24. The van der Waals surface area contributed by atoms with Crippen LogP contribution >= 0.6 is 11.6 Å². The van der Waals surface area contributed by atoms with Crippen molar-refractivity contribution in [1.82, 2.24) is 14.5 Å². The maximum Gasteiger partial charge on any atom is 0.277 e. The van der Waals surface area contributed by atoms with Crippen LogP contribution in [-0.4, -0.2) is 41.1 Å². The normalized spacial score (nSPS) is 15.7. The van der Waals surface area contributed by atoms with Crippen LogP contribution in [0.5, 0.6) is 11.5 Å². The van der Waals surface area contributed by atoms with Crippen LogP contribution < -0.4 is 15.0 Å². The molecule has 3 heterocycles. The highest BCUT2D eigenvalue weighted by Crippen LogP contribution is 2.34. The van der Waals surface area contributed by atoms with E-state index >= 15 is 0 Å². The minimum absolute atomic E-state index is 0.190. The standard InChI is InChI=1S/C29H28ClN3O4/c1-18-10-12-33-27(29(35)32(16-18)17-19-13-22(36-2)15-23(14-19)37-3)25(20-6-8-21(30)9-7-20)24-5-4-11-31-26(24)28(33)34/h4-9,11,13-15,18H,10,12,16-17H2,1-3H3/t18-/m1/s1. The van der Waals surface area contributed by atoms with Gasteiger partial charge in [0.05, 0.1) is 14.2 Å². The van der Waals surface area contributed by atoms with Crippen LogP contribution in [-0.2, 0) is 13.1 Å². The van der Waals surface area contributed by atoms with Gasteiger partial charge in [0.25, 0.3) is 11.5 Å². The Balaban J connectivity index is 1.72. The molecule has 0 saturated carbocycles. The summed E-state index contributed by atoms with van der Waals surface area (Å²) < 4.78 is 12.5. The molecule has 0 N–H and O–H groups in total. The largest absolute Gasteiger partial charge is 0.497 e. The lowest BCUT2D eigenvalue weighted by Crippen LogP contribution is -2.41. The fourth-order valence-corrected chi connectivity index (χ4v) is 5.10. The van der Waals surface area contributed by atoms with Crippen molar-refractivity contribution in [1.29, 1.82) is 0 Å². The van der Waals surface area contributed by atoms with E-state index in [1.54, 1.807) is 49.2 Å². The van der Waals surface area contributed by atoms with Crippen molar-refractivity contribution in [2.45, 2.75) is 26.4 Å². The number of halogens is 1. The zero-order valence-electron chi connectivity index (χ0n) is 21.0. The van der Waals surface area contributed by atoms with Gasteiger partial charge in [0.15, 0.2) is 0 Å². The highest BCUT2D eigenvalue weighted by atomic mass is 35.5. The van der Waals surface area contributed by atoms with Gasteiger partial charge < -0.3 is 18.9 Å². The number of pyridine rings is 2. The smallest absolute Gasteiger partial charge is 0.277 e. The third kappa shape index (κ3) is 4.79. The maximum absolute atomic E-state index is 14.4. The van der Waals surface area contributed by atoms with E-state index in [-0.39, 0.29) is 17.4 Å². The summed E-state index contributed by atoms with van der Waals surface area (Å²) in [6.07, 6.45) is 2.36. The van der Waals surface area contributed by atoms with Crippen molar-refractivity contribution in [3.63, 3.8) is 0 Å². The number of amides is 1. The molecule has 37 heavy (non-hydrogen) atoms. The molecule has 1 aliphatic heterocycles. The fourth-order valence-electron chi connectivity index (χ4n) is 4.98. The Bertz CT molecular complexity index is 1510. The second kappa shape index (κ2) is 10.3. The van der Waals surface area contributed by atoms with Gasteiger partial charge in [-0.3, -0.25) is 14.6 Å². The number of nitrogens with zero attached hydrogens (tertiary/aromatic N) is 3. The molecule has 0 saturated heterocycles. The predicted molar refractivity (Wildman–Crippen MR) is 145 cm³/mol. The first-order chi connectivity index (χ1) is 17.9. The molecule has 0 aliphatic carbocycles. The van der Waals surface area contributed by atoms with Gasteiger partial charge in [-0.05, 0) is 53.8 Å². The lowest BCUT2D eigenvalue weighted by molar-refractivity contribution is 0.0686. The van der Waals surface area contributed by atoms with Crippen LogP contribution in [0.1, 0.15) is 29.4 Å². The monoisotopic (exact) mass is 517 g/mol. The summed E-state index contributed by atoms with van der Waals surface area (Å²) in [5.74, 6) is 1.28. The van der Waals surface area contributed by atoms with Crippen LogP contribution in [0.2, 0.25) is 5.02 Å². The molecule has 0 fully saturated rings. The van der Waals surface area contributed by atoms with Crippen LogP contribution in [0.15, 0.2) is 65.6 Å². The lowest BCUT2D eigenvalue weighted by atomic mass is 9.95. The zero-order valence-corrected chi connectivity index (χ0v) is 21.8. The molecule has 1 aliphatic rings. The van der Waals surface area contributed by atoms with E-state index in [9.17, 15) is 9.59 Å². The van der Waals surface area contributed by atoms with Gasteiger partial charge in [0, 0.05) is 47.9 Å². The highest BCUT2D eigenvalue weighted by molar-refractivity contribution is 6.30. The van der Waals surface area contributed by atoms with Crippen molar-refractivity contribution >= 4 is 28.4 Å². The van der Waals surface area contributed by atoms with E-state index in [1.165, 1.54) is 0 Å². The van der Waals surface area contributed by atoms with Crippen LogP contribution in [0.4, 0.5) is 0 Å². The second-order valence-corrected chi connectivity index (χ2v) is 9.82. The van der Waals surface area contributed by atoms with Crippen LogP contribution in [0, 0.1) is 5.92 Å². The topological polar surface area (TPSA) is 73.7 Å². The number of fused-ring (bicyclic) bond motifs is 2. The average molecular weight is 518 g/mol. The van der Waals surface area contributed by atoms with E-state index in [1.807, 2.05) is 35.2 Å². The molecule has 7 nitrogen and oxygen atoms in total. The molecular weight excluding hydrogens is 490 g/mol. The number of hydrogen-bond acceptors (Lipinski definition) is 5. The molecule has 0 unspecified atom stereocenters. The van der Waals surface area contributed by atoms with E-state index in [0.29, 0.717) is 58.3 Å². The number of ether oxygens (including phenoxy) is 2. The first kappa shape index (κ1) is 24.8. The van der Waals surface area contributed by atoms with Crippen molar-refractivity contribution in [2.75, 3.05) is 20.8 Å². The van der Waals surface area contributed by atoms with Gasteiger partial charge >= 0.3 is 0 Å². The van der Waals surface area contributed by atoms with Gasteiger partial charge in [0.1, 0.15) is 22.7 Å². The molecule has 0 bridgehead atoms. The molecule has 2 aromatic carbocycles. The Morgan fingerprint density at radius 2 is 1.73 bits per heavy atom. The van der Waals surface area contributed by atoms with Gasteiger partial charge in [-0.1, -0.05) is 36.7 Å². The SMILES string of the molecule is COc1cc(CN2C[C@H](C)CCn3c(c(-c4ccc(Cl)cc4)c4cccnc4c3=O)C2=O)cc(OC)c1. The Hall–Kier alpha value is -3.84. The molecule has 2 aromatic heterocycles. The molecule has 4 aromatic rings. The highest BCUT2D eigenvalue weighted by Gasteiger charge is 2.30. The Morgan fingerprint density at radius 1 is 1.03 bits per heavy atom. The minimum atomic E-state index is -0.256. The Kier molecular flexibility index (Phi) is 6.89. The molecular formula is C29H28ClN3O4. The van der Waals surface area contributed by atoms with Crippen molar-refractivity contribution in [3.05, 3.63) is 87.4 Å². The first-order valence-electron chi connectivity index (χ1n) is 12.2. The quantitative estimate of drug-likeness (QED) is 0.353. The third-order valence-electron chi connectivity index (χ3n) is 6.82. The third-order valence-corrected chi connectivity index (χ3v) is 7.07. The molecule has 0 radical (unpaired) electrons. The molecule has 1 amide bonds. The van der Waals surface area contributed by atoms with Gasteiger partial charge in [-0.25, -0.2) is 0 Å². The minimum Gasteiger partial charge on any atom is -0.497 e. The summed E-state index contributed by atoms with van der Waals surface area (Å²) in [5.41, 5.74) is 2.83. The predicted octanol–water partition coefficient (Wildman–Crippen LogP) is 5.42. The number of methoxy groups -OCH3 is 2. The van der Waals surface area contributed by atoms with E-state index in [4.69, 9.17) is 21.1 Å². The summed E-state index contributed by atoms with van der Waals surface area (Å²) in [4.78, 5) is 34.2. The van der Waals surface area contributed by atoms with Crippen LogP contribution in [0.3, 0.4) is 0 Å².